The number of carbonyl (C=O) groups excluding carboxylic acids is 1. The maximum Gasteiger partial charge on any atom is 0.264 e. The molecule has 7 nitrogen and oxygen atoms in total. The normalized spacial score (nSPS) is 14.9. The molecule has 1 rings (SSSR count). The number of benzene rings is 1. The lowest BCUT2D eigenvalue weighted by atomic mass is 9.99. The molecule has 4 N–H and O–H groups in total. The number of aliphatic hydroxyl groups is 2. The van der Waals surface area contributed by atoms with E-state index >= 15 is 0 Å². The number of nitrogens with one attached hydrogen (secondary N) is 1. The van der Waals surface area contributed by atoms with E-state index in [0.717, 1.165) is 11.8 Å². The van der Waals surface area contributed by atoms with Crippen molar-refractivity contribution in [2.45, 2.75) is 30.6 Å². The van der Waals surface area contributed by atoms with Crippen molar-refractivity contribution >= 4 is 15.7 Å². The summed E-state index contributed by atoms with van der Waals surface area (Å²) in [6, 6.07) is 6.84. The number of rotatable bonds is 6. The van der Waals surface area contributed by atoms with Crippen molar-refractivity contribution in [2.24, 2.45) is 0 Å². The van der Waals surface area contributed by atoms with Crippen molar-refractivity contribution in [1.82, 2.24) is 5.48 Å². The Kier molecular flexibility index (Phi) is 6.93. The molecular weight excluding hydrogens is 334 g/mol. The van der Waals surface area contributed by atoms with Gasteiger partial charge < -0.3 is 10.2 Å². The molecular formula is C16H21NO6S. The quantitative estimate of drug-likeness (QED) is 0.314. The van der Waals surface area contributed by atoms with E-state index in [9.17, 15) is 13.2 Å². The van der Waals surface area contributed by atoms with Crippen LogP contribution in [0.5, 0.6) is 0 Å². The van der Waals surface area contributed by atoms with Crippen molar-refractivity contribution in [3.8, 4) is 11.8 Å². The average molecular weight is 355 g/mol. The Morgan fingerprint density at radius 2 is 1.92 bits per heavy atom. The first-order chi connectivity index (χ1) is 11.1. The summed E-state index contributed by atoms with van der Waals surface area (Å²) in [7, 11) is -3.72. The van der Waals surface area contributed by atoms with Crippen molar-refractivity contribution in [3.05, 3.63) is 35.4 Å². The number of aliphatic hydroxyl groups excluding tert-OH is 2. The Balaban J connectivity index is 2.86. The summed E-state index contributed by atoms with van der Waals surface area (Å²) in [4.78, 5) is 11.7. The predicted molar refractivity (Wildman–Crippen MR) is 87.9 cm³/mol. The van der Waals surface area contributed by atoms with Crippen LogP contribution in [0.1, 0.15) is 24.5 Å². The topological polar surface area (TPSA) is 124 Å². The fraction of sp³-hybridized carbons (Fsp3) is 0.438. The van der Waals surface area contributed by atoms with Crippen LogP contribution < -0.4 is 5.48 Å². The molecule has 1 aromatic rings. The standard InChI is InChI=1S/C16H21NO6S/c1-16(15(20)17-21,24(2,22)23)10-9-13-5-3-12(4-6-13)7-8-14(19)11-18/h3-6,14,18-19,21H,9-11H2,1-2H3,(H,17,20). The van der Waals surface area contributed by atoms with Gasteiger partial charge in [0, 0.05) is 11.8 Å². The zero-order valence-corrected chi connectivity index (χ0v) is 14.3. The van der Waals surface area contributed by atoms with E-state index in [4.69, 9.17) is 15.4 Å². The second kappa shape index (κ2) is 8.26. The highest BCUT2D eigenvalue weighted by molar-refractivity contribution is 7.92. The third-order valence-corrected chi connectivity index (χ3v) is 5.83. The minimum Gasteiger partial charge on any atom is -0.393 e. The van der Waals surface area contributed by atoms with Crippen LogP contribution in [0.15, 0.2) is 24.3 Å². The first kappa shape index (κ1) is 20.1. The molecule has 8 heteroatoms. The van der Waals surface area contributed by atoms with E-state index in [1.54, 1.807) is 24.3 Å². The lowest BCUT2D eigenvalue weighted by Gasteiger charge is -2.25. The summed E-state index contributed by atoms with van der Waals surface area (Å²) < 4.78 is 22.0. The monoisotopic (exact) mass is 355 g/mol. The molecule has 132 valence electrons. The SMILES string of the molecule is CC(CCc1ccc(C#CC(O)CO)cc1)(C(=O)NO)S(C)(=O)=O. The number of hydrogen-bond donors (Lipinski definition) is 4. The van der Waals surface area contributed by atoms with Crippen molar-refractivity contribution in [3.63, 3.8) is 0 Å². The Morgan fingerprint density at radius 3 is 2.38 bits per heavy atom. The molecule has 2 unspecified atom stereocenters. The van der Waals surface area contributed by atoms with Crippen LogP contribution >= 0.6 is 0 Å². The van der Waals surface area contributed by atoms with Crippen molar-refractivity contribution in [2.75, 3.05) is 12.9 Å². The highest BCUT2D eigenvalue weighted by Crippen LogP contribution is 2.23. The average Bonchev–Trinajstić information content (AvgIpc) is 2.56. The van der Waals surface area contributed by atoms with Crippen LogP contribution in [0.3, 0.4) is 0 Å². The highest BCUT2D eigenvalue weighted by Gasteiger charge is 2.43. The van der Waals surface area contributed by atoms with E-state index in [1.807, 2.05) is 0 Å². The lowest BCUT2D eigenvalue weighted by Crippen LogP contribution is -2.49. The third-order valence-electron chi connectivity index (χ3n) is 3.80. The molecule has 2 atom stereocenters. The first-order valence-corrected chi connectivity index (χ1v) is 9.06. The molecule has 0 aromatic heterocycles. The molecule has 0 saturated heterocycles. The zero-order chi connectivity index (χ0) is 18.4. The molecule has 0 bridgehead atoms. The minimum atomic E-state index is -3.72. The second-order valence-electron chi connectivity index (χ2n) is 5.61. The number of carbonyl (C=O) groups is 1. The maximum absolute atomic E-state index is 11.9. The molecule has 0 aliphatic carbocycles. The van der Waals surface area contributed by atoms with Crippen LogP contribution in [0.25, 0.3) is 0 Å². The smallest absolute Gasteiger partial charge is 0.264 e. The molecule has 0 spiro atoms. The van der Waals surface area contributed by atoms with Crippen LogP contribution in [0, 0.1) is 11.8 Å². The zero-order valence-electron chi connectivity index (χ0n) is 13.5. The minimum absolute atomic E-state index is 0.00643. The molecule has 1 aromatic carbocycles. The van der Waals surface area contributed by atoms with Crippen molar-refractivity contribution in [1.29, 1.82) is 0 Å². The Hall–Kier alpha value is -1.92. The van der Waals surface area contributed by atoms with Gasteiger partial charge in [-0.15, -0.1) is 0 Å². The molecule has 0 aliphatic heterocycles. The summed E-state index contributed by atoms with van der Waals surface area (Å²) in [5, 5.41) is 26.6. The van der Waals surface area contributed by atoms with Crippen LogP contribution in [-0.4, -0.2) is 53.5 Å². The fourth-order valence-corrected chi connectivity index (χ4v) is 2.79. The van der Waals surface area contributed by atoms with Gasteiger partial charge in [0.05, 0.1) is 6.61 Å². The predicted octanol–water partition coefficient (Wildman–Crippen LogP) is -0.367. The third kappa shape index (κ3) is 5.04. The van der Waals surface area contributed by atoms with Crippen LogP contribution in [-0.2, 0) is 21.1 Å². The van der Waals surface area contributed by atoms with Gasteiger partial charge in [-0.25, -0.2) is 13.9 Å². The molecule has 0 saturated carbocycles. The summed E-state index contributed by atoms with van der Waals surface area (Å²) in [6.45, 7) is 0.825. The van der Waals surface area contributed by atoms with Gasteiger partial charge in [0.25, 0.3) is 5.91 Å². The van der Waals surface area contributed by atoms with E-state index in [2.05, 4.69) is 11.8 Å². The summed E-state index contributed by atoms with van der Waals surface area (Å²) >= 11 is 0. The number of hydrogen-bond acceptors (Lipinski definition) is 6. The first-order valence-electron chi connectivity index (χ1n) is 7.17. The summed E-state index contributed by atoms with van der Waals surface area (Å²) in [6.07, 6.45) is 0.168. The molecule has 0 fully saturated rings. The van der Waals surface area contributed by atoms with E-state index in [1.165, 1.54) is 12.4 Å². The highest BCUT2D eigenvalue weighted by atomic mass is 32.2. The largest absolute Gasteiger partial charge is 0.393 e. The maximum atomic E-state index is 11.9. The van der Waals surface area contributed by atoms with Gasteiger partial charge in [0.15, 0.2) is 9.84 Å². The lowest BCUT2D eigenvalue weighted by molar-refractivity contribution is -0.131. The number of sulfone groups is 1. The van der Waals surface area contributed by atoms with Gasteiger partial charge in [-0.1, -0.05) is 24.0 Å². The van der Waals surface area contributed by atoms with Gasteiger partial charge in [0.1, 0.15) is 10.9 Å². The van der Waals surface area contributed by atoms with E-state index < -0.39 is 33.2 Å². The number of aryl methyl sites for hydroxylation is 1. The molecule has 0 heterocycles. The molecule has 0 radical (unpaired) electrons. The molecule has 24 heavy (non-hydrogen) atoms. The summed E-state index contributed by atoms with van der Waals surface area (Å²) in [5.74, 6) is 4.19. The van der Waals surface area contributed by atoms with Gasteiger partial charge in [-0.2, -0.15) is 0 Å². The van der Waals surface area contributed by atoms with Crippen molar-refractivity contribution < 1.29 is 28.6 Å². The van der Waals surface area contributed by atoms with Crippen LogP contribution in [0.2, 0.25) is 0 Å². The van der Waals surface area contributed by atoms with Gasteiger partial charge >= 0.3 is 0 Å². The summed E-state index contributed by atoms with van der Waals surface area (Å²) in [5.41, 5.74) is 2.83. The van der Waals surface area contributed by atoms with Gasteiger partial charge in [-0.3, -0.25) is 10.0 Å². The Labute approximate surface area is 141 Å². The fourth-order valence-electron chi connectivity index (χ4n) is 1.94. The molecule has 0 aliphatic rings. The molecule has 1 amide bonds. The number of amides is 1. The van der Waals surface area contributed by atoms with E-state index in [-0.39, 0.29) is 6.42 Å². The number of hydroxylamine groups is 1. The van der Waals surface area contributed by atoms with Gasteiger partial charge in [0.2, 0.25) is 0 Å². The van der Waals surface area contributed by atoms with E-state index in [0.29, 0.717) is 12.0 Å². The second-order valence-corrected chi connectivity index (χ2v) is 8.05. The Bertz CT molecular complexity index is 732. The van der Waals surface area contributed by atoms with Crippen LogP contribution in [0.4, 0.5) is 0 Å². The van der Waals surface area contributed by atoms with Gasteiger partial charge in [-0.05, 0) is 37.5 Å². The Morgan fingerprint density at radius 1 is 1.33 bits per heavy atom.